The van der Waals surface area contributed by atoms with Crippen LogP contribution in [0.5, 0.6) is 17.2 Å². The first-order valence-electron chi connectivity index (χ1n) is 12.4. The van der Waals surface area contributed by atoms with Crippen molar-refractivity contribution in [3.05, 3.63) is 71.8 Å². The van der Waals surface area contributed by atoms with Crippen molar-refractivity contribution in [3.63, 3.8) is 0 Å². The molecule has 4 aromatic rings. The number of carbonyl (C=O) groups excluding carboxylic acids is 2. The Morgan fingerprint density at radius 2 is 1.74 bits per heavy atom. The van der Waals surface area contributed by atoms with Gasteiger partial charge in [-0.3, -0.25) is 4.31 Å². The van der Waals surface area contributed by atoms with Gasteiger partial charge < -0.3 is 29.5 Å². The highest BCUT2D eigenvalue weighted by atomic mass is 32.2. The molecule has 14 heteroatoms. The SMILES string of the molecule is CC(C)Oc1cc2c(C(=O)OC(N)=O)c(-c3ccc(Oc4ccc(F)cc4F)cc3)oc2cc1N(CCO)S(C)(=O)=O. The first-order valence-corrected chi connectivity index (χ1v) is 14.2. The molecule has 0 fully saturated rings. The van der Waals surface area contributed by atoms with Crippen LogP contribution in [-0.4, -0.2) is 51.1 Å². The Kier molecular flexibility index (Phi) is 8.68. The summed E-state index contributed by atoms with van der Waals surface area (Å²) in [6.07, 6.45) is -0.842. The summed E-state index contributed by atoms with van der Waals surface area (Å²) in [6.45, 7) is 2.62. The lowest BCUT2D eigenvalue weighted by molar-refractivity contribution is 0.0640. The number of furan rings is 1. The zero-order chi connectivity index (χ0) is 30.8. The number of benzene rings is 3. The van der Waals surface area contributed by atoms with Crippen LogP contribution in [0.25, 0.3) is 22.3 Å². The maximum absolute atomic E-state index is 14.0. The second-order valence-corrected chi connectivity index (χ2v) is 11.2. The number of nitrogens with two attached hydrogens (primary N) is 1. The summed E-state index contributed by atoms with van der Waals surface area (Å²) in [5.41, 5.74) is 5.22. The van der Waals surface area contributed by atoms with Crippen LogP contribution in [0.15, 0.2) is 59.0 Å². The Labute approximate surface area is 239 Å². The third-order valence-electron chi connectivity index (χ3n) is 5.74. The number of amides is 1. The highest BCUT2D eigenvalue weighted by Crippen LogP contribution is 2.42. The van der Waals surface area contributed by atoms with Gasteiger partial charge in [-0.1, -0.05) is 0 Å². The fraction of sp³-hybridized carbons (Fsp3) is 0.214. The molecule has 0 aliphatic heterocycles. The van der Waals surface area contributed by atoms with Gasteiger partial charge in [-0.2, -0.15) is 0 Å². The van der Waals surface area contributed by atoms with Gasteiger partial charge in [-0.15, -0.1) is 0 Å². The number of anilines is 1. The van der Waals surface area contributed by atoms with Crippen molar-refractivity contribution in [1.29, 1.82) is 0 Å². The molecule has 3 N–H and O–H groups in total. The zero-order valence-electron chi connectivity index (χ0n) is 22.6. The van der Waals surface area contributed by atoms with Gasteiger partial charge in [0, 0.05) is 23.1 Å². The van der Waals surface area contributed by atoms with Gasteiger partial charge in [0.05, 0.1) is 31.2 Å². The number of ether oxygens (including phenoxy) is 3. The monoisotopic (exact) mass is 604 g/mol. The van der Waals surface area contributed by atoms with Crippen molar-refractivity contribution >= 4 is 38.7 Å². The number of carbonyl (C=O) groups is 2. The van der Waals surface area contributed by atoms with E-state index < -0.39 is 46.4 Å². The van der Waals surface area contributed by atoms with Crippen molar-refractivity contribution < 1.29 is 50.5 Å². The van der Waals surface area contributed by atoms with E-state index in [9.17, 15) is 31.9 Å². The van der Waals surface area contributed by atoms with Gasteiger partial charge >= 0.3 is 12.1 Å². The second kappa shape index (κ2) is 12.0. The van der Waals surface area contributed by atoms with E-state index in [0.29, 0.717) is 6.07 Å². The lowest BCUT2D eigenvalue weighted by Gasteiger charge is -2.25. The first kappa shape index (κ1) is 30.3. The molecule has 1 amide bonds. The maximum Gasteiger partial charge on any atom is 0.412 e. The molecule has 0 aliphatic rings. The average Bonchev–Trinajstić information content (AvgIpc) is 3.26. The molecule has 0 bridgehead atoms. The minimum Gasteiger partial charge on any atom is -0.489 e. The third kappa shape index (κ3) is 6.61. The summed E-state index contributed by atoms with van der Waals surface area (Å²) >= 11 is 0. The molecule has 0 aliphatic carbocycles. The molecule has 0 radical (unpaired) electrons. The molecule has 0 unspecified atom stereocenters. The van der Waals surface area contributed by atoms with Crippen molar-refractivity contribution in [3.8, 4) is 28.6 Å². The number of hydrogen-bond donors (Lipinski definition) is 2. The Balaban J connectivity index is 1.88. The smallest absolute Gasteiger partial charge is 0.412 e. The van der Waals surface area contributed by atoms with Gasteiger partial charge in [0.15, 0.2) is 11.6 Å². The lowest BCUT2D eigenvalue weighted by Crippen LogP contribution is -2.33. The molecule has 1 heterocycles. The van der Waals surface area contributed by atoms with Crippen LogP contribution in [0.4, 0.5) is 19.3 Å². The second-order valence-electron chi connectivity index (χ2n) is 9.26. The number of nitrogens with zero attached hydrogens (tertiary/aromatic N) is 1. The predicted molar refractivity (Wildman–Crippen MR) is 148 cm³/mol. The quantitative estimate of drug-likeness (QED) is 0.189. The van der Waals surface area contributed by atoms with E-state index in [1.54, 1.807) is 13.8 Å². The van der Waals surface area contributed by atoms with Gasteiger partial charge in [0.2, 0.25) is 10.0 Å². The molecular weight excluding hydrogens is 578 g/mol. The van der Waals surface area contributed by atoms with E-state index in [4.69, 9.17) is 19.6 Å². The number of fused-ring (bicyclic) bond motifs is 1. The number of aliphatic hydroxyl groups is 1. The van der Waals surface area contributed by atoms with Crippen molar-refractivity contribution in [2.45, 2.75) is 20.0 Å². The van der Waals surface area contributed by atoms with Crippen LogP contribution in [0.3, 0.4) is 0 Å². The molecule has 1 aromatic heterocycles. The summed E-state index contributed by atoms with van der Waals surface area (Å²) < 4.78 is 75.3. The van der Waals surface area contributed by atoms with Gasteiger partial charge in [0.1, 0.15) is 34.2 Å². The molecule has 222 valence electrons. The molecule has 11 nitrogen and oxygen atoms in total. The van der Waals surface area contributed by atoms with Crippen LogP contribution in [0.1, 0.15) is 24.2 Å². The highest BCUT2D eigenvalue weighted by molar-refractivity contribution is 7.92. The molecule has 0 saturated carbocycles. The number of rotatable bonds is 10. The Morgan fingerprint density at radius 3 is 2.31 bits per heavy atom. The van der Waals surface area contributed by atoms with E-state index in [0.717, 1.165) is 22.7 Å². The van der Waals surface area contributed by atoms with E-state index in [1.807, 2.05) is 0 Å². The number of hydrogen-bond acceptors (Lipinski definition) is 9. The first-order chi connectivity index (χ1) is 19.8. The molecule has 0 saturated heterocycles. The number of esters is 1. The minimum atomic E-state index is -3.89. The summed E-state index contributed by atoms with van der Waals surface area (Å²) in [7, 11) is -3.89. The normalized spacial score (nSPS) is 11.5. The van der Waals surface area contributed by atoms with Gasteiger partial charge in [-0.05, 0) is 56.3 Å². The standard InChI is InChI=1S/C28H26F2N2O9S/c1-15(2)38-24-13-19-23(14-21(24)32(10-11-33)42(3,36)37)40-26(25(19)27(34)41-28(31)35)16-4-7-18(8-5-16)39-22-9-6-17(29)12-20(22)30/h4-9,12-15,33H,10-11H2,1-3H3,(H2,31,35). The molecule has 0 atom stereocenters. The molecule has 4 rings (SSSR count). The van der Waals surface area contributed by atoms with Crippen molar-refractivity contribution in [2.24, 2.45) is 5.73 Å². The number of sulfonamides is 1. The van der Waals surface area contributed by atoms with Crippen molar-refractivity contribution in [2.75, 3.05) is 23.7 Å². The highest BCUT2D eigenvalue weighted by Gasteiger charge is 2.29. The summed E-state index contributed by atoms with van der Waals surface area (Å²) in [5.74, 6) is -2.91. The molecular formula is C28H26F2N2O9S. The van der Waals surface area contributed by atoms with E-state index in [1.165, 1.54) is 36.4 Å². The largest absolute Gasteiger partial charge is 0.489 e. The average molecular weight is 605 g/mol. The van der Waals surface area contributed by atoms with Crippen molar-refractivity contribution in [1.82, 2.24) is 0 Å². The van der Waals surface area contributed by atoms with E-state index >= 15 is 0 Å². The zero-order valence-corrected chi connectivity index (χ0v) is 23.4. The Hall–Kier alpha value is -4.69. The maximum atomic E-state index is 14.0. The van der Waals surface area contributed by atoms with Crippen LogP contribution in [-0.2, 0) is 14.8 Å². The number of halogens is 2. The van der Waals surface area contributed by atoms with E-state index in [-0.39, 0.29) is 57.3 Å². The van der Waals surface area contributed by atoms with Crippen LogP contribution in [0, 0.1) is 11.6 Å². The summed E-state index contributed by atoms with van der Waals surface area (Å²) in [5, 5.41) is 9.63. The van der Waals surface area contributed by atoms with E-state index in [2.05, 4.69) is 4.74 Å². The third-order valence-corrected chi connectivity index (χ3v) is 6.92. The van der Waals surface area contributed by atoms with Crippen LogP contribution < -0.4 is 19.5 Å². The number of aliphatic hydroxyl groups excluding tert-OH is 1. The Morgan fingerprint density at radius 1 is 1.05 bits per heavy atom. The Bertz CT molecular complexity index is 1750. The fourth-order valence-electron chi connectivity index (χ4n) is 4.12. The fourth-order valence-corrected chi connectivity index (χ4v) is 5.03. The van der Waals surface area contributed by atoms with Gasteiger partial charge in [0.25, 0.3) is 0 Å². The van der Waals surface area contributed by atoms with Gasteiger partial charge in [-0.25, -0.2) is 26.8 Å². The topological polar surface area (TPSA) is 159 Å². The lowest BCUT2D eigenvalue weighted by atomic mass is 10.0. The number of primary amides is 1. The molecule has 0 spiro atoms. The molecule has 42 heavy (non-hydrogen) atoms. The predicted octanol–water partition coefficient (Wildman–Crippen LogP) is 4.95. The van der Waals surface area contributed by atoms with Crippen LogP contribution in [0.2, 0.25) is 0 Å². The summed E-state index contributed by atoms with van der Waals surface area (Å²) in [4.78, 5) is 24.5. The minimum absolute atomic E-state index is 0.0211. The summed E-state index contributed by atoms with van der Waals surface area (Å²) in [6, 6.07) is 11.3. The molecule has 3 aromatic carbocycles. The van der Waals surface area contributed by atoms with Crippen LogP contribution >= 0.6 is 0 Å².